The van der Waals surface area contributed by atoms with Crippen molar-refractivity contribution >= 4 is 17.7 Å². The smallest absolute Gasteiger partial charge is 0.188 e. The molecule has 1 aliphatic rings. The first-order chi connectivity index (χ1) is 8.33. The summed E-state index contributed by atoms with van der Waals surface area (Å²) in [6, 6.07) is 0.527. The summed E-state index contributed by atoms with van der Waals surface area (Å²) in [5.74, 6) is 4.89. The molecule has 1 rings (SSSR count). The van der Waals surface area contributed by atoms with Crippen molar-refractivity contribution in [3.63, 3.8) is 0 Å². The number of rotatable bonds is 5. The molecule has 3 N–H and O–H groups in total. The Bertz CT molecular complexity index is 262. The van der Waals surface area contributed by atoms with E-state index in [1.165, 1.54) is 38.5 Å². The Labute approximate surface area is 109 Å². The number of hydrogen-bond acceptors (Lipinski definition) is 2. The molecule has 0 aromatic rings. The zero-order chi connectivity index (χ0) is 12.3. The van der Waals surface area contributed by atoms with E-state index >= 15 is 0 Å². The van der Waals surface area contributed by atoms with E-state index < -0.39 is 0 Å². The van der Waals surface area contributed by atoms with Gasteiger partial charge in [0.2, 0.25) is 0 Å². The Kier molecular flexibility index (Phi) is 7.74. The maximum absolute atomic E-state index is 5.86. The molecule has 0 heterocycles. The first-order valence-corrected chi connectivity index (χ1v) is 7.56. The Balaban J connectivity index is 2.15. The molecule has 0 aromatic carbocycles. The number of thioether (sulfide) groups is 1. The lowest BCUT2D eigenvalue weighted by Gasteiger charge is -2.16. The van der Waals surface area contributed by atoms with Gasteiger partial charge in [-0.3, -0.25) is 4.99 Å². The quantitative estimate of drug-likeness (QED) is 0.259. The maximum atomic E-state index is 5.86. The number of nitrogens with zero attached hydrogens (tertiary/aromatic N) is 1. The molecule has 0 atom stereocenters. The number of guanidine groups is 1. The van der Waals surface area contributed by atoms with Crippen molar-refractivity contribution < 1.29 is 0 Å². The standard InChI is InChI=1S/C13H23N3S/c1-2-10-17-11-9-15-13(14)16-12-7-5-3-4-6-8-12/h1,12H,3-11H2,(H3,14,15,16). The molecule has 17 heavy (non-hydrogen) atoms. The van der Waals surface area contributed by atoms with Crippen molar-refractivity contribution in [2.45, 2.75) is 44.6 Å². The average Bonchev–Trinajstić information content (AvgIpc) is 2.57. The Hall–Kier alpha value is -0.820. The minimum absolute atomic E-state index is 0.527. The number of nitrogens with two attached hydrogens (primary N) is 1. The number of hydrogen-bond donors (Lipinski definition) is 2. The van der Waals surface area contributed by atoms with Gasteiger partial charge in [0, 0.05) is 11.8 Å². The van der Waals surface area contributed by atoms with Crippen LogP contribution in [0.4, 0.5) is 0 Å². The third-order valence-electron chi connectivity index (χ3n) is 2.91. The van der Waals surface area contributed by atoms with Crippen molar-refractivity contribution in [1.82, 2.24) is 5.32 Å². The molecular weight excluding hydrogens is 230 g/mol. The molecule has 0 bridgehead atoms. The van der Waals surface area contributed by atoms with Crippen molar-refractivity contribution in [2.24, 2.45) is 10.7 Å². The average molecular weight is 253 g/mol. The Morgan fingerprint density at radius 1 is 1.35 bits per heavy atom. The van der Waals surface area contributed by atoms with E-state index in [9.17, 15) is 0 Å². The second-order valence-corrected chi connectivity index (χ2v) is 5.46. The second-order valence-electron chi connectivity index (χ2n) is 4.36. The highest BCUT2D eigenvalue weighted by Gasteiger charge is 2.11. The lowest BCUT2D eigenvalue weighted by molar-refractivity contribution is 0.530. The van der Waals surface area contributed by atoms with Gasteiger partial charge in [-0.05, 0) is 12.8 Å². The third kappa shape index (κ3) is 7.17. The van der Waals surface area contributed by atoms with Crippen LogP contribution >= 0.6 is 11.8 Å². The lowest BCUT2D eigenvalue weighted by Crippen LogP contribution is -2.40. The van der Waals surface area contributed by atoms with Crippen LogP contribution in [-0.2, 0) is 0 Å². The van der Waals surface area contributed by atoms with E-state index in [4.69, 9.17) is 12.2 Å². The van der Waals surface area contributed by atoms with Gasteiger partial charge in [0.25, 0.3) is 0 Å². The van der Waals surface area contributed by atoms with Crippen molar-refractivity contribution in [3.05, 3.63) is 0 Å². The highest BCUT2D eigenvalue weighted by atomic mass is 32.2. The van der Waals surface area contributed by atoms with Crippen LogP contribution in [0.1, 0.15) is 38.5 Å². The molecule has 0 unspecified atom stereocenters. The van der Waals surface area contributed by atoms with Crippen molar-refractivity contribution in [2.75, 3.05) is 18.1 Å². The van der Waals surface area contributed by atoms with Gasteiger partial charge in [0.05, 0.1) is 12.3 Å². The maximum Gasteiger partial charge on any atom is 0.188 e. The molecule has 0 spiro atoms. The van der Waals surface area contributed by atoms with Crippen molar-refractivity contribution in [3.8, 4) is 12.3 Å². The lowest BCUT2D eigenvalue weighted by atomic mass is 10.1. The molecule has 1 saturated carbocycles. The fourth-order valence-corrected chi connectivity index (χ4v) is 2.52. The number of terminal acetylenes is 1. The predicted molar refractivity (Wildman–Crippen MR) is 77.3 cm³/mol. The van der Waals surface area contributed by atoms with Gasteiger partial charge in [-0.1, -0.05) is 31.6 Å². The minimum atomic E-state index is 0.527. The molecule has 1 aliphatic carbocycles. The highest BCUT2D eigenvalue weighted by Crippen LogP contribution is 2.16. The summed E-state index contributed by atoms with van der Waals surface area (Å²) in [6.07, 6.45) is 12.9. The van der Waals surface area contributed by atoms with Gasteiger partial charge >= 0.3 is 0 Å². The molecular formula is C13H23N3S. The molecule has 96 valence electrons. The molecule has 1 fully saturated rings. The summed E-state index contributed by atoms with van der Waals surface area (Å²) in [5.41, 5.74) is 5.86. The second kappa shape index (κ2) is 9.23. The normalized spacial score (nSPS) is 18.4. The van der Waals surface area contributed by atoms with Gasteiger partial charge in [0.15, 0.2) is 5.96 Å². The third-order valence-corrected chi connectivity index (χ3v) is 3.75. The molecule has 0 amide bonds. The van der Waals surface area contributed by atoms with Crippen LogP contribution in [0, 0.1) is 12.3 Å². The summed E-state index contributed by atoms with van der Waals surface area (Å²) >= 11 is 1.72. The van der Waals surface area contributed by atoms with E-state index in [2.05, 4.69) is 16.2 Å². The first kappa shape index (κ1) is 14.2. The zero-order valence-corrected chi connectivity index (χ0v) is 11.3. The summed E-state index contributed by atoms with van der Waals surface area (Å²) in [6.45, 7) is 0.748. The monoisotopic (exact) mass is 253 g/mol. The molecule has 0 radical (unpaired) electrons. The minimum Gasteiger partial charge on any atom is -0.370 e. The van der Waals surface area contributed by atoms with E-state index in [0.717, 1.165) is 18.1 Å². The highest BCUT2D eigenvalue weighted by molar-refractivity contribution is 7.99. The molecule has 4 heteroatoms. The fourth-order valence-electron chi connectivity index (χ4n) is 2.04. The van der Waals surface area contributed by atoms with E-state index in [0.29, 0.717) is 12.0 Å². The van der Waals surface area contributed by atoms with Crippen LogP contribution in [-0.4, -0.2) is 30.1 Å². The van der Waals surface area contributed by atoms with Gasteiger partial charge < -0.3 is 11.1 Å². The summed E-state index contributed by atoms with van der Waals surface area (Å²) in [7, 11) is 0. The Morgan fingerprint density at radius 3 is 2.71 bits per heavy atom. The van der Waals surface area contributed by atoms with Gasteiger partial charge in [-0.25, -0.2) is 0 Å². The molecule has 0 aliphatic heterocycles. The zero-order valence-electron chi connectivity index (χ0n) is 10.5. The van der Waals surface area contributed by atoms with E-state index in [1.54, 1.807) is 11.8 Å². The fraction of sp³-hybridized carbons (Fsp3) is 0.769. The first-order valence-electron chi connectivity index (χ1n) is 6.40. The van der Waals surface area contributed by atoms with Gasteiger partial charge in [0.1, 0.15) is 0 Å². The number of aliphatic imine (C=N–C) groups is 1. The van der Waals surface area contributed by atoms with Crippen molar-refractivity contribution in [1.29, 1.82) is 0 Å². The van der Waals surface area contributed by atoms with Crippen LogP contribution < -0.4 is 11.1 Å². The van der Waals surface area contributed by atoms with Crippen LogP contribution in [0.25, 0.3) is 0 Å². The molecule has 0 aromatic heterocycles. The van der Waals surface area contributed by atoms with Crippen LogP contribution in [0.3, 0.4) is 0 Å². The molecule has 0 saturated heterocycles. The largest absolute Gasteiger partial charge is 0.370 e. The summed E-state index contributed by atoms with van der Waals surface area (Å²) in [5, 5.41) is 3.33. The Morgan fingerprint density at radius 2 is 2.06 bits per heavy atom. The van der Waals surface area contributed by atoms with Crippen LogP contribution in [0.15, 0.2) is 4.99 Å². The summed E-state index contributed by atoms with van der Waals surface area (Å²) in [4.78, 5) is 4.31. The van der Waals surface area contributed by atoms with Crippen LogP contribution in [0.5, 0.6) is 0 Å². The molecule has 3 nitrogen and oxygen atoms in total. The summed E-state index contributed by atoms with van der Waals surface area (Å²) < 4.78 is 0. The SMILES string of the molecule is C#CCSCCN=C(N)NC1CCCCCC1. The van der Waals surface area contributed by atoms with Gasteiger partial charge in [-0.2, -0.15) is 0 Å². The van der Waals surface area contributed by atoms with E-state index in [1.807, 2.05) is 0 Å². The predicted octanol–water partition coefficient (Wildman–Crippen LogP) is 1.98. The topological polar surface area (TPSA) is 50.4 Å². The van der Waals surface area contributed by atoms with Gasteiger partial charge in [-0.15, -0.1) is 18.2 Å². The van der Waals surface area contributed by atoms with E-state index in [-0.39, 0.29) is 0 Å². The van der Waals surface area contributed by atoms with Crippen LogP contribution in [0.2, 0.25) is 0 Å². The number of nitrogens with one attached hydrogen (secondary N) is 1.